The van der Waals surface area contributed by atoms with E-state index in [1.165, 1.54) is 553 Å². The van der Waals surface area contributed by atoms with E-state index in [0.717, 1.165) is 0 Å². The lowest BCUT2D eigenvalue weighted by molar-refractivity contribution is 0.192. The molecule has 0 rings (SSSR count). The predicted molar refractivity (Wildman–Crippen MR) is 425 cm³/mol. The van der Waals surface area contributed by atoms with Crippen molar-refractivity contribution >= 4 is 0 Å². The van der Waals surface area contributed by atoms with Crippen molar-refractivity contribution in [1.82, 2.24) is 9.80 Å². The molecule has 0 aromatic carbocycles. The molecule has 0 saturated heterocycles. The number of unbranched alkanes of at least 4 members (excludes halogenated alkanes) is 76. The molecular formula is C90H184N2. The first-order valence-electron chi connectivity index (χ1n) is 45.2. The van der Waals surface area contributed by atoms with Gasteiger partial charge in [-0.2, -0.15) is 0 Å². The molecule has 0 aliphatic rings. The van der Waals surface area contributed by atoms with Gasteiger partial charge < -0.3 is 9.80 Å². The Balaban J connectivity index is 4.88. The molecule has 0 aliphatic carbocycles. The fourth-order valence-corrected chi connectivity index (χ4v) is 15.3. The molecule has 92 heavy (non-hydrogen) atoms. The summed E-state index contributed by atoms with van der Waals surface area (Å²) in [5.74, 6) is 0. The Morgan fingerprint density at radius 3 is 0.250 bits per heavy atom. The Kier molecular flexibility index (Phi) is 86.9. The molecule has 554 valence electrons. The molecule has 0 N–H and O–H groups in total. The molecule has 0 heterocycles. The highest BCUT2D eigenvalue weighted by molar-refractivity contribution is 4.67. The molecule has 0 radical (unpaired) electrons. The molecule has 0 amide bonds. The minimum atomic E-state index is 1.32. The maximum Gasteiger partial charge on any atom is 0.0109 e. The summed E-state index contributed by atoms with van der Waals surface area (Å²) >= 11 is 0. The second-order valence-electron chi connectivity index (χ2n) is 31.6. The molecule has 0 aliphatic heterocycles. The molecule has 0 unspecified atom stereocenters. The van der Waals surface area contributed by atoms with E-state index in [9.17, 15) is 0 Å². The van der Waals surface area contributed by atoms with Gasteiger partial charge in [0.2, 0.25) is 0 Å². The number of hydrogen-bond acceptors (Lipinski definition) is 2. The van der Waals surface area contributed by atoms with Crippen LogP contribution in [0.3, 0.4) is 0 Å². The molecular weight excluding hydrogens is 1110 g/mol. The van der Waals surface area contributed by atoms with Crippen molar-refractivity contribution in [3.05, 3.63) is 0 Å². The van der Waals surface area contributed by atoms with Crippen molar-refractivity contribution in [3.8, 4) is 0 Å². The summed E-state index contributed by atoms with van der Waals surface area (Å²) in [6.07, 6.45) is 118. The van der Waals surface area contributed by atoms with Gasteiger partial charge in [0.25, 0.3) is 0 Å². The van der Waals surface area contributed by atoms with E-state index in [-0.39, 0.29) is 0 Å². The van der Waals surface area contributed by atoms with Crippen molar-refractivity contribution in [2.45, 2.75) is 541 Å². The third kappa shape index (κ3) is 82.3. The predicted octanol–water partition coefficient (Wildman–Crippen LogP) is 32.9. The van der Waals surface area contributed by atoms with Gasteiger partial charge in [-0.1, -0.05) is 516 Å². The molecule has 0 spiro atoms. The van der Waals surface area contributed by atoms with Gasteiger partial charge in [0.1, 0.15) is 0 Å². The lowest BCUT2D eigenvalue weighted by Crippen LogP contribution is -2.37. The third-order valence-electron chi connectivity index (χ3n) is 22.0. The molecule has 2 heteroatoms. The highest BCUT2D eigenvalue weighted by atomic mass is 15.2. The topological polar surface area (TPSA) is 6.48 Å². The molecule has 0 bridgehead atoms. The SMILES string of the molecule is CCCCCCCCCCCCCCCCCCCCCCN(CCCCCCCCCCCCCCCCCCCCCC)CCN(CCCCCCCCCCCCCCCCCCCCCC)CCCCCCCCCCCCCCCCCCCCCC. The molecule has 0 saturated carbocycles. The summed E-state index contributed by atoms with van der Waals surface area (Å²) in [6.45, 7) is 17.4. The van der Waals surface area contributed by atoms with Crippen molar-refractivity contribution in [2.24, 2.45) is 0 Å². The maximum atomic E-state index is 2.96. The molecule has 0 atom stereocenters. The van der Waals surface area contributed by atoms with E-state index in [1.54, 1.807) is 0 Å². The standard InChI is InChI=1S/C90H184N2/c1-5-9-13-17-21-25-29-33-37-41-45-49-53-57-61-65-69-73-77-81-85-91(86-82-78-74-70-66-62-58-54-50-46-42-38-34-30-26-22-18-14-10-6-2)89-90-92(87-83-79-75-71-67-63-59-55-51-47-43-39-35-31-27-23-19-15-11-7-3)88-84-80-76-72-68-64-60-56-52-48-44-40-36-32-28-24-20-16-12-8-4/h5-90H2,1-4H3. The first kappa shape index (κ1) is 91.9. The van der Waals surface area contributed by atoms with Crippen molar-refractivity contribution in [1.29, 1.82) is 0 Å². The van der Waals surface area contributed by atoms with Crippen LogP contribution in [-0.2, 0) is 0 Å². The van der Waals surface area contributed by atoms with Crippen LogP contribution in [0.2, 0.25) is 0 Å². The van der Waals surface area contributed by atoms with Gasteiger partial charge >= 0.3 is 0 Å². The van der Waals surface area contributed by atoms with E-state index in [0.29, 0.717) is 0 Å². The molecule has 0 aromatic heterocycles. The average Bonchev–Trinajstić information content (AvgIpc) is 3.77. The summed E-state index contributed by atoms with van der Waals surface area (Å²) in [7, 11) is 0. The Labute approximate surface area is 587 Å². The van der Waals surface area contributed by atoms with Crippen LogP contribution in [0.25, 0.3) is 0 Å². The van der Waals surface area contributed by atoms with E-state index in [2.05, 4.69) is 37.5 Å². The molecule has 0 fully saturated rings. The Bertz CT molecular complexity index is 1030. The maximum absolute atomic E-state index is 2.96. The summed E-state index contributed by atoms with van der Waals surface area (Å²) in [4.78, 5) is 5.93. The van der Waals surface area contributed by atoms with Gasteiger partial charge in [-0.15, -0.1) is 0 Å². The van der Waals surface area contributed by atoms with Crippen LogP contribution in [0.5, 0.6) is 0 Å². The highest BCUT2D eigenvalue weighted by Gasteiger charge is 2.11. The van der Waals surface area contributed by atoms with Crippen LogP contribution in [0.15, 0.2) is 0 Å². The average molecular weight is 1290 g/mol. The number of rotatable bonds is 87. The minimum absolute atomic E-state index is 1.32. The largest absolute Gasteiger partial charge is 0.302 e. The van der Waals surface area contributed by atoms with Gasteiger partial charge in [-0.3, -0.25) is 0 Å². The van der Waals surface area contributed by atoms with Gasteiger partial charge in [-0.05, 0) is 51.9 Å². The smallest absolute Gasteiger partial charge is 0.0109 e. The minimum Gasteiger partial charge on any atom is -0.302 e. The lowest BCUT2D eigenvalue weighted by atomic mass is 10.0. The van der Waals surface area contributed by atoms with Gasteiger partial charge in [-0.25, -0.2) is 0 Å². The molecule has 2 nitrogen and oxygen atoms in total. The van der Waals surface area contributed by atoms with Crippen molar-refractivity contribution in [2.75, 3.05) is 39.3 Å². The van der Waals surface area contributed by atoms with Gasteiger partial charge in [0.05, 0.1) is 0 Å². The van der Waals surface area contributed by atoms with Crippen LogP contribution in [0, 0.1) is 0 Å². The van der Waals surface area contributed by atoms with E-state index < -0.39 is 0 Å². The summed E-state index contributed by atoms with van der Waals surface area (Å²) in [5.41, 5.74) is 0. The monoisotopic (exact) mass is 1290 g/mol. The van der Waals surface area contributed by atoms with E-state index >= 15 is 0 Å². The Hall–Kier alpha value is -0.0800. The molecule has 0 aromatic rings. The summed E-state index contributed by atoms with van der Waals surface area (Å²) in [6, 6.07) is 0. The fraction of sp³-hybridized carbons (Fsp3) is 1.00. The van der Waals surface area contributed by atoms with Crippen LogP contribution in [0.4, 0.5) is 0 Å². The fourth-order valence-electron chi connectivity index (χ4n) is 15.3. The summed E-state index contributed by atoms with van der Waals surface area (Å²) in [5, 5.41) is 0. The zero-order valence-electron chi connectivity index (χ0n) is 65.7. The van der Waals surface area contributed by atoms with Crippen LogP contribution in [0.1, 0.15) is 541 Å². The lowest BCUT2D eigenvalue weighted by Gasteiger charge is -2.28. The Morgan fingerprint density at radius 2 is 0.163 bits per heavy atom. The third-order valence-corrected chi connectivity index (χ3v) is 22.0. The first-order valence-corrected chi connectivity index (χ1v) is 45.2. The van der Waals surface area contributed by atoms with E-state index in [1.807, 2.05) is 0 Å². The second kappa shape index (κ2) is 87.0. The zero-order valence-corrected chi connectivity index (χ0v) is 65.7. The quantitative estimate of drug-likeness (QED) is 0.0560. The van der Waals surface area contributed by atoms with Crippen molar-refractivity contribution < 1.29 is 0 Å². The van der Waals surface area contributed by atoms with Crippen LogP contribution < -0.4 is 0 Å². The second-order valence-corrected chi connectivity index (χ2v) is 31.6. The normalized spacial score (nSPS) is 11.9. The zero-order chi connectivity index (χ0) is 66.0. The van der Waals surface area contributed by atoms with E-state index in [4.69, 9.17) is 0 Å². The van der Waals surface area contributed by atoms with Crippen LogP contribution >= 0.6 is 0 Å². The van der Waals surface area contributed by atoms with Crippen molar-refractivity contribution in [3.63, 3.8) is 0 Å². The van der Waals surface area contributed by atoms with Gasteiger partial charge in [0, 0.05) is 13.1 Å². The highest BCUT2D eigenvalue weighted by Crippen LogP contribution is 2.21. The summed E-state index contributed by atoms with van der Waals surface area (Å²) < 4.78 is 0. The number of hydrogen-bond donors (Lipinski definition) is 0. The Morgan fingerprint density at radius 1 is 0.0870 bits per heavy atom. The number of nitrogens with zero attached hydrogens (tertiary/aromatic N) is 2. The van der Waals surface area contributed by atoms with Crippen LogP contribution in [-0.4, -0.2) is 49.1 Å². The first-order chi connectivity index (χ1) is 45.8. The van der Waals surface area contributed by atoms with Gasteiger partial charge in [0.15, 0.2) is 0 Å².